The minimum atomic E-state index is 0.108. The van der Waals surface area contributed by atoms with E-state index in [0.717, 1.165) is 51.5 Å². The Morgan fingerprint density at radius 2 is 1.92 bits per heavy atom. The lowest BCUT2D eigenvalue weighted by Crippen LogP contribution is -2.55. The summed E-state index contributed by atoms with van der Waals surface area (Å²) in [5.74, 6) is 1.59. The minimum Gasteiger partial charge on any atom is -0.381 e. The van der Waals surface area contributed by atoms with Gasteiger partial charge in [-0.25, -0.2) is 0 Å². The van der Waals surface area contributed by atoms with Crippen LogP contribution in [-0.2, 0) is 17.6 Å². The van der Waals surface area contributed by atoms with Crippen LogP contribution in [0.5, 0.6) is 0 Å². The Hall–Kier alpha value is -1.59. The van der Waals surface area contributed by atoms with Gasteiger partial charge in [-0.05, 0) is 44.5 Å². The lowest BCUT2D eigenvalue weighted by atomic mass is 9.94. The molecule has 5 nitrogen and oxygen atoms in total. The summed E-state index contributed by atoms with van der Waals surface area (Å²) >= 11 is 0. The summed E-state index contributed by atoms with van der Waals surface area (Å²) in [7, 11) is 8.38. The summed E-state index contributed by atoms with van der Waals surface area (Å²) < 4.78 is 5.50. The normalized spacial score (nSPS) is 22.3. The Morgan fingerprint density at radius 1 is 1.24 bits per heavy atom. The standard InChI is InChI=1S/C20H32N4O/c1-21-19(24(4)13-16-9-10-25-14-16)22-15-20(23(2)3)11-17-7-5-6-8-18(17)12-20/h5-8,16H,9-15H2,1-4H3,(H,21,22). The van der Waals surface area contributed by atoms with E-state index in [1.807, 2.05) is 7.05 Å². The molecule has 0 bridgehead atoms. The molecule has 1 unspecified atom stereocenters. The Kier molecular flexibility index (Phi) is 5.64. The number of nitrogens with zero attached hydrogens (tertiary/aromatic N) is 3. The zero-order chi connectivity index (χ0) is 17.9. The van der Waals surface area contributed by atoms with E-state index in [4.69, 9.17) is 4.74 Å². The summed E-state index contributed by atoms with van der Waals surface area (Å²) in [6, 6.07) is 8.83. The average Bonchev–Trinajstić information content (AvgIpc) is 3.22. The monoisotopic (exact) mass is 344 g/mol. The fraction of sp³-hybridized carbons (Fsp3) is 0.650. The molecule has 0 radical (unpaired) electrons. The molecule has 0 aromatic heterocycles. The molecule has 1 aliphatic carbocycles. The first-order valence-corrected chi connectivity index (χ1v) is 9.28. The second kappa shape index (κ2) is 7.75. The largest absolute Gasteiger partial charge is 0.381 e. The first kappa shape index (κ1) is 18.2. The molecule has 1 N–H and O–H groups in total. The summed E-state index contributed by atoms with van der Waals surface area (Å²) in [5, 5.41) is 3.64. The number of rotatable bonds is 5. The molecule has 25 heavy (non-hydrogen) atoms. The Balaban J connectivity index is 1.63. The van der Waals surface area contributed by atoms with Crippen LogP contribution in [-0.4, -0.2) is 75.8 Å². The maximum absolute atomic E-state index is 5.50. The molecule has 1 aromatic carbocycles. The van der Waals surface area contributed by atoms with Crippen LogP contribution < -0.4 is 5.32 Å². The number of fused-ring (bicyclic) bond motifs is 1. The molecule has 0 saturated carbocycles. The van der Waals surface area contributed by atoms with Crippen molar-refractivity contribution in [1.29, 1.82) is 0 Å². The highest BCUT2D eigenvalue weighted by Crippen LogP contribution is 2.33. The summed E-state index contributed by atoms with van der Waals surface area (Å²) in [5.41, 5.74) is 3.06. The number of ether oxygens (including phenoxy) is 1. The van der Waals surface area contributed by atoms with Crippen molar-refractivity contribution in [3.8, 4) is 0 Å². The van der Waals surface area contributed by atoms with Crippen molar-refractivity contribution in [3.05, 3.63) is 35.4 Å². The second-order valence-corrected chi connectivity index (χ2v) is 7.75. The smallest absolute Gasteiger partial charge is 0.193 e. The number of likely N-dealkylation sites (N-methyl/N-ethyl adjacent to an activating group) is 1. The third kappa shape index (κ3) is 3.98. The van der Waals surface area contributed by atoms with Crippen LogP contribution in [0.15, 0.2) is 29.3 Å². The SMILES string of the molecule is CN=C(NCC1(N(C)C)Cc2ccccc2C1)N(C)CC1CCOC1. The van der Waals surface area contributed by atoms with Crippen molar-refractivity contribution < 1.29 is 4.74 Å². The van der Waals surface area contributed by atoms with Crippen LogP contribution in [0.1, 0.15) is 17.5 Å². The zero-order valence-electron chi connectivity index (χ0n) is 16.1. The molecule has 1 aliphatic heterocycles. The van der Waals surface area contributed by atoms with E-state index < -0.39 is 0 Å². The van der Waals surface area contributed by atoms with Gasteiger partial charge in [0.2, 0.25) is 0 Å². The highest BCUT2D eigenvalue weighted by Gasteiger charge is 2.39. The van der Waals surface area contributed by atoms with Crippen LogP contribution in [0, 0.1) is 5.92 Å². The Morgan fingerprint density at radius 3 is 2.44 bits per heavy atom. The van der Waals surface area contributed by atoms with Crippen molar-refractivity contribution in [2.75, 3.05) is 54.5 Å². The van der Waals surface area contributed by atoms with Gasteiger partial charge in [0.05, 0.1) is 6.61 Å². The molecule has 1 atom stereocenters. The van der Waals surface area contributed by atoms with Gasteiger partial charge in [-0.3, -0.25) is 4.99 Å². The van der Waals surface area contributed by atoms with E-state index in [0.29, 0.717) is 5.92 Å². The number of benzene rings is 1. The number of guanidine groups is 1. The molecule has 138 valence electrons. The van der Waals surface area contributed by atoms with E-state index in [2.05, 4.69) is 65.5 Å². The molecule has 0 amide bonds. The topological polar surface area (TPSA) is 40.1 Å². The lowest BCUT2D eigenvalue weighted by molar-refractivity contribution is 0.162. The second-order valence-electron chi connectivity index (χ2n) is 7.75. The molecule has 1 saturated heterocycles. The van der Waals surface area contributed by atoms with Gasteiger partial charge < -0.3 is 19.9 Å². The van der Waals surface area contributed by atoms with E-state index in [9.17, 15) is 0 Å². The first-order valence-electron chi connectivity index (χ1n) is 9.28. The highest BCUT2D eigenvalue weighted by molar-refractivity contribution is 5.79. The quantitative estimate of drug-likeness (QED) is 0.651. The van der Waals surface area contributed by atoms with Gasteiger partial charge in [-0.1, -0.05) is 24.3 Å². The van der Waals surface area contributed by atoms with E-state index in [-0.39, 0.29) is 5.54 Å². The number of nitrogens with one attached hydrogen (secondary N) is 1. The van der Waals surface area contributed by atoms with Crippen molar-refractivity contribution in [1.82, 2.24) is 15.1 Å². The molecule has 1 heterocycles. The van der Waals surface area contributed by atoms with E-state index in [1.165, 1.54) is 11.1 Å². The van der Waals surface area contributed by atoms with Gasteiger partial charge in [0.15, 0.2) is 5.96 Å². The minimum absolute atomic E-state index is 0.108. The molecule has 1 aromatic rings. The number of hydrogen-bond acceptors (Lipinski definition) is 3. The van der Waals surface area contributed by atoms with Crippen LogP contribution in [0.2, 0.25) is 0 Å². The van der Waals surface area contributed by atoms with Gasteiger partial charge in [-0.15, -0.1) is 0 Å². The maximum atomic E-state index is 5.50. The summed E-state index contributed by atoms with van der Waals surface area (Å²) in [6.07, 6.45) is 3.32. The zero-order valence-corrected chi connectivity index (χ0v) is 16.1. The third-order valence-electron chi connectivity index (χ3n) is 5.81. The fourth-order valence-electron chi connectivity index (χ4n) is 4.10. The molecular formula is C20H32N4O. The van der Waals surface area contributed by atoms with Crippen molar-refractivity contribution >= 4 is 5.96 Å². The van der Waals surface area contributed by atoms with Gasteiger partial charge in [0, 0.05) is 45.2 Å². The number of hydrogen-bond donors (Lipinski definition) is 1. The van der Waals surface area contributed by atoms with Gasteiger partial charge in [0.1, 0.15) is 0 Å². The van der Waals surface area contributed by atoms with Crippen molar-refractivity contribution in [3.63, 3.8) is 0 Å². The van der Waals surface area contributed by atoms with Crippen LogP contribution >= 0.6 is 0 Å². The molecule has 3 rings (SSSR count). The Labute approximate surface area is 152 Å². The van der Waals surface area contributed by atoms with Crippen molar-refractivity contribution in [2.45, 2.75) is 24.8 Å². The van der Waals surface area contributed by atoms with Gasteiger partial charge in [-0.2, -0.15) is 0 Å². The molecular weight excluding hydrogens is 312 g/mol. The molecule has 0 spiro atoms. The summed E-state index contributed by atoms with van der Waals surface area (Å²) in [4.78, 5) is 9.12. The average molecular weight is 345 g/mol. The first-order chi connectivity index (χ1) is 12.0. The maximum Gasteiger partial charge on any atom is 0.193 e. The molecule has 5 heteroatoms. The van der Waals surface area contributed by atoms with Gasteiger partial charge in [0.25, 0.3) is 0 Å². The third-order valence-corrected chi connectivity index (χ3v) is 5.81. The van der Waals surface area contributed by atoms with Crippen LogP contribution in [0.4, 0.5) is 0 Å². The fourth-order valence-corrected chi connectivity index (χ4v) is 4.10. The van der Waals surface area contributed by atoms with Crippen molar-refractivity contribution in [2.24, 2.45) is 10.9 Å². The Bertz CT molecular complexity index is 582. The predicted molar refractivity (Wildman–Crippen MR) is 103 cm³/mol. The molecule has 2 aliphatic rings. The molecule has 1 fully saturated rings. The van der Waals surface area contributed by atoms with Crippen LogP contribution in [0.3, 0.4) is 0 Å². The van der Waals surface area contributed by atoms with E-state index in [1.54, 1.807) is 0 Å². The lowest BCUT2D eigenvalue weighted by Gasteiger charge is -2.38. The number of aliphatic imine (C=N–C) groups is 1. The highest BCUT2D eigenvalue weighted by atomic mass is 16.5. The van der Waals surface area contributed by atoms with Gasteiger partial charge >= 0.3 is 0 Å². The van der Waals surface area contributed by atoms with Crippen LogP contribution in [0.25, 0.3) is 0 Å². The van der Waals surface area contributed by atoms with E-state index >= 15 is 0 Å². The summed E-state index contributed by atoms with van der Waals surface area (Å²) in [6.45, 7) is 3.66. The predicted octanol–water partition coefficient (Wildman–Crippen LogP) is 1.63.